The lowest BCUT2D eigenvalue weighted by Crippen LogP contribution is -2.62. The number of nitrogens with two attached hydrogens (primary N) is 1. The minimum Gasteiger partial charge on any atom is -0.468 e. The van der Waals surface area contributed by atoms with Crippen LogP contribution in [0, 0.1) is 6.92 Å². The van der Waals surface area contributed by atoms with Crippen molar-refractivity contribution in [2.45, 2.75) is 23.9 Å². The van der Waals surface area contributed by atoms with Gasteiger partial charge in [0.1, 0.15) is 6.04 Å². The molecule has 0 aliphatic carbocycles. The summed E-state index contributed by atoms with van der Waals surface area (Å²) >= 11 is 0. The fraction of sp³-hybridized carbons (Fsp3) is 0.300. The Labute approximate surface area is 186 Å². The summed E-state index contributed by atoms with van der Waals surface area (Å²) in [6.45, 7) is 1.28. The number of nitrogens with zero attached hydrogens (tertiary/aromatic N) is 2. The molecule has 2 atom stereocenters. The molecule has 2 aromatic carbocycles. The molecular formula is C20H23N3O7S2. The molecule has 0 aromatic heterocycles. The number of ether oxygens (including phenoxy) is 1. The topological polar surface area (TPSA) is 144 Å². The Kier molecular flexibility index (Phi) is 6.43. The number of carbonyl (C=O) groups excluding carboxylic acids is 2. The van der Waals surface area contributed by atoms with Crippen LogP contribution in [0.5, 0.6) is 0 Å². The van der Waals surface area contributed by atoms with Gasteiger partial charge in [0.05, 0.1) is 30.8 Å². The molecule has 0 spiro atoms. The maximum atomic E-state index is 13.2. The number of hydrogen-bond acceptors (Lipinski definition) is 7. The fourth-order valence-corrected chi connectivity index (χ4v) is 5.12. The monoisotopic (exact) mass is 481 g/mol. The van der Waals surface area contributed by atoms with E-state index in [4.69, 9.17) is 9.88 Å². The number of amides is 1. The number of primary sulfonamides is 1. The van der Waals surface area contributed by atoms with Crippen molar-refractivity contribution >= 4 is 37.6 Å². The number of rotatable bonds is 5. The van der Waals surface area contributed by atoms with Gasteiger partial charge in [-0.3, -0.25) is 9.59 Å². The van der Waals surface area contributed by atoms with Gasteiger partial charge in [0, 0.05) is 5.69 Å². The summed E-state index contributed by atoms with van der Waals surface area (Å²) in [4.78, 5) is 27.1. The van der Waals surface area contributed by atoms with Gasteiger partial charge in [-0.2, -0.15) is 4.31 Å². The van der Waals surface area contributed by atoms with Crippen molar-refractivity contribution in [1.82, 2.24) is 4.31 Å². The Morgan fingerprint density at radius 3 is 2.06 bits per heavy atom. The van der Waals surface area contributed by atoms with Crippen molar-refractivity contribution in [2.75, 3.05) is 24.8 Å². The van der Waals surface area contributed by atoms with Gasteiger partial charge < -0.3 is 9.64 Å². The maximum absolute atomic E-state index is 13.2. The van der Waals surface area contributed by atoms with Gasteiger partial charge in [-0.25, -0.2) is 22.0 Å². The maximum Gasteiger partial charge on any atom is 0.326 e. The number of esters is 1. The highest BCUT2D eigenvalue weighted by Gasteiger charge is 2.50. The Hall–Kier alpha value is -2.80. The summed E-state index contributed by atoms with van der Waals surface area (Å²) in [5.41, 5.74) is 1.70. The first-order valence-electron chi connectivity index (χ1n) is 9.40. The second kappa shape index (κ2) is 8.62. The number of sulfonamides is 2. The summed E-state index contributed by atoms with van der Waals surface area (Å²) in [5, 5.41) is 5.15. The highest BCUT2D eigenvalue weighted by molar-refractivity contribution is 7.89. The molecule has 12 heteroatoms. The summed E-state index contributed by atoms with van der Waals surface area (Å²) in [7, 11) is -6.77. The molecular weight excluding hydrogens is 458 g/mol. The van der Waals surface area contributed by atoms with Gasteiger partial charge in [0.2, 0.25) is 26.0 Å². The van der Waals surface area contributed by atoms with Crippen LogP contribution in [0.4, 0.5) is 5.69 Å². The molecule has 1 heterocycles. The van der Waals surface area contributed by atoms with Crippen LogP contribution in [0.3, 0.4) is 0 Å². The molecule has 1 aliphatic rings. The summed E-state index contributed by atoms with van der Waals surface area (Å²) in [5.74, 6) is -1.43. The van der Waals surface area contributed by atoms with Gasteiger partial charge >= 0.3 is 5.97 Å². The van der Waals surface area contributed by atoms with Crippen LogP contribution in [0.2, 0.25) is 0 Å². The normalized spacial score (nSPS) is 20.2. The van der Waals surface area contributed by atoms with E-state index in [1.54, 1.807) is 24.3 Å². The highest BCUT2D eigenvalue weighted by Crippen LogP contribution is 2.37. The average molecular weight is 482 g/mol. The second-order valence-corrected chi connectivity index (χ2v) is 10.9. The van der Waals surface area contributed by atoms with E-state index < -0.39 is 50.6 Å². The Morgan fingerprint density at radius 2 is 1.59 bits per heavy atom. The third-order valence-electron chi connectivity index (χ3n) is 5.18. The number of methoxy groups -OCH3 is 1. The van der Waals surface area contributed by atoms with Crippen molar-refractivity contribution < 1.29 is 31.2 Å². The average Bonchev–Trinajstić information content (AvgIpc) is 2.72. The third kappa shape index (κ3) is 4.67. The van der Waals surface area contributed by atoms with Crippen molar-refractivity contribution in [3.05, 3.63) is 59.7 Å². The molecule has 10 nitrogen and oxygen atoms in total. The summed E-state index contributed by atoms with van der Waals surface area (Å²) in [6, 6.07) is 9.76. The standard InChI is InChI=1S/C20H23N3O7S2/c1-13-4-6-14(7-5-13)18-19(20(25)30-2)22(31(3,26)27)12-17(24)23(18)15-8-10-16(11-9-15)32(21,28)29/h4-11,18-19H,12H2,1-3H3,(H2,21,28,29)/t18-,19+/m0/s1. The van der Waals surface area contributed by atoms with E-state index in [-0.39, 0.29) is 10.6 Å². The van der Waals surface area contributed by atoms with Gasteiger partial charge in [-0.05, 0) is 36.8 Å². The van der Waals surface area contributed by atoms with Crippen LogP contribution in [-0.4, -0.2) is 59.0 Å². The molecule has 1 amide bonds. The zero-order chi connectivity index (χ0) is 23.8. The molecule has 172 valence electrons. The van der Waals surface area contributed by atoms with E-state index in [9.17, 15) is 26.4 Å². The van der Waals surface area contributed by atoms with Gasteiger partial charge in [0.25, 0.3) is 0 Å². The Morgan fingerprint density at radius 1 is 1.03 bits per heavy atom. The number of piperazine rings is 1. The molecule has 1 fully saturated rings. The summed E-state index contributed by atoms with van der Waals surface area (Å²) < 4.78 is 53.8. The lowest BCUT2D eigenvalue weighted by molar-refractivity contribution is -0.147. The van der Waals surface area contributed by atoms with E-state index in [0.29, 0.717) is 5.56 Å². The van der Waals surface area contributed by atoms with Gasteiger partial charge in [-0.15, -0.1) is 0 Å². The Balaban J connectivity index is 2.23. The van der Waals surface area contributed by atoms with Crippen LogP contribution in [-0.2, 0) is 34.4 Å². The van der Waals surface area contributed by atoms with Crippen LogP contribution in [0.1, 0.15) is 17.2 Å². The zero-order valence-corrected chi connectivity index (χ0v) is 19.3. The lowest BCUT2D eigenvalue weighted by atomic mass is 9.93. The van der Waals surface area contributed by atoms with E-state index in [1.807, 2.05) is 6.92 Å². The smallest absolute Gasteiger partial charge is 0.326 e. The predicted molar refractivity (Wildman–Crippen MR) is 117 cm³/mol. The first-order valence-corrected chi connectivity index (χ1v) is 12.8. The number of aryl methyl sites for hydroxylation is 1. The van der Waals surface area contributed by atoms with E-state index in [0.717, 1.165) is 23.2 Å². The molecule has 0 radical (unpaired) electrons. The minimum absolute atomic E-state index is 0.153. The number of carbonyl (C=O) groups is 2. The van der Waals surface area contributed by atoms with E-state index in [1.165, 1.54) is 29.2 Å². The molecule has 3 rings (SSSR count). The van der Waals surface area contributed by atoms with Crippen molar-refractivity contribution in [3.8, 4) is 0 Å². The molecule has 32 heavy (non-hydrogen) atoms. The Bertz CT molecular complexity index is 1240. The fourth-order valence-electron chi connectivity index (χ4n) is 3.65. The predicted octanol–water partition coefficient (Wildman–Crippen LogP) is 0.534. The van der Waals surface area contributed by atoms with E-state index in [2.05, 4.69) is 0 Å². The number of benzene rings is 2. The SMILES string of the molecule is COC(=O)[C@H]1[C@H](c2ccc(C)cc2)N(c2ccc(S(N)(=O)=O)cc2)C(=O)CN1S(C)(=O)=O. The molecule has 2 N–H and O–H groups in total. The van der Waals surface area contributed by atoms with Crippen molar-refractivity contribution in [2.24, 2.45) is 5.14 Å². The van der Waals surface area contributed by atoms with Gasteiger partial charge in [-0.1, -0.05) is 29.8 Å². The molecule has 0 unspecified atom stereocenters. The second-order valence-electron chi connectivity index (χ2n) is 7.43. The van der Waals surface area contributed by atoms with Crippen molar-refractivity contribution in [1.29, 1.82) is 0 Å². The molecule has 0 saturated carbocycles. The van der Waals surface area contributed by atoms with Crippen LogP contribution in [0.25, 0.3) is 0 Å². The zero-order valence-electron chi connectivity index (χ0n) is 17.6. The molecule has 1 aliphatic heterocycles. The van der Waals surface area contributed by atoms with Crippen LogP contribution >= 0.6 is 0 Å². The first-order chi connectivity index (χ1) is 14.8. The molecule has 1 saturated heterocycles. The van der Waals surface area contributed by atoms with Crippen LogP contribution in [0.15, 0.2) is 53.4 Å². The first kappa shape index (κ1) is 23.9. The third-order valence-corrected chi connectivity index (χ3v) is 7.32. The van der Waals surface area contributed by atoms with Crippen molar-refractivity contribution in [3.63, 3.8) is 0 Å². The number of anilines is 1. The lowest BCUT2D eigenvalue weighted by Gasteiger charge is -2.44. The van der Waals surface area contributed by atoms with E-state index >= 15 is 0 Å². The quantitative estimate of drug-likeness (QED) is 0.614. The highest BCUT2D eigenvalue weighted by atomic mass is 32.2. The summed E-state index contributed by atoms with van der Waals surface area (Å²) in [6.07, 6.45) is 0.916. The molecule has 2 aromatic rings. The van der Waals surface area contributed by atoms with Gasteiger partial charge in [0.15, 0.2) is 0 Å². The molecule has 0 bridgehead atoms. The number of hydrogen-bond donors (Lipinski definition) is 1. The van der Waals surface area contributed by atoms with Crippen LogP contribution < -0.4 is 10.0 Å². The largest absolute Gasteiger partial charge is 0.468 e. The minimum atomic E-state index is -3.96.